The highest BCUT2D eigenvalue weighted by atomic mass is 79.9. The van der Waals surface area contributed by atoms with Crippen molar-refractivity contribution in [3.63, 3.8) is 0 Å². The molecular formula is C17H20BrNO. The predicted octanol–water partition coefficient (Wildman–Crippen LogP) is 4.91. The number of hydrogen-bond donors (Lipinski definition) is 0. The molecule has 3 heteroatoms. The fourth-order valence-corrected chi connectivity index (χ4v) is 4.52. The minimum Gasteiger partial charge on any atom is -0.488 e. The van der Waals surface area contributed by atoms with Crippen LogP contribution >= 0.6 is 15.9 Å². The molecule has 2 aliphatic rings. The average molecular weight is 334 g/mol. The van der Waals surface area contributed by atoms with Crippen LogP contribution in [0.15, 0.2) is 22.7 Å². The number of halogens is 1. The molecule has 2 aliphatic carbocycles. The molecule has 2 nitrogen and oxygen atoms in total. The molecule has 2 saturated carbocycles. The maximum Gasteiger partial charge on any atom is 0.137 e. The summed E-state index contributed by atoms with van der Waals surface area (Å²) in [6, 6.07) is 7.91. The Labute approximate surface area is 129 Å². The van der Waals surface area contributed by atoms with Crippen molar-refractivity contribution in [3.05, 3.63) is 28.2 Å². The molecule has 3 atom stereocenters. The lowest BCUT2D eigenvalue weighted by atomic mass is 9.70. The molecule has 2 bridgehead atoms. The zero-order chi connectivity index (χ0) is 14.5. The summed E-state index contributed by atoms with van der Waals surface area (Å²) in [6.45, 7) is 7.11. The summed E-state index contributed by atoms with van der Waals surface area (Å²) in [5, 5.41) is 9.26. The van der Waals surface area contributed by atoms with Crippen LogP contribution in [-0.2, 0) is 0 Å². The van der Waals surface area contributed by atoms with Gasteiger partial charge in [-0.15, -0.1) is 0 Å². The highest BCUT2D eigenvalue weighted by molar-refractivity contribution is 9.10. The molecule has 0 aliphatic heterocycles. The molecule has 0 spiro atoms. The van der Waals surface area contributed by atoms with Gasteiger partial charge in [0.25, 0.3) is 0 Å². The molecule has 0 amide bonds. The van der Waals surface area contributed by atoms with Crippen molar-refractivity contribution in [1.29, 1.82) is 5.26 Å². The van der Waals surface area contributed by atoms with Crippen LogP contribution in [0.2, 0.25) is 0 Å². The van der Waals surface area contributed by atoms with E-state index in [0.717, 1.165) is 22.6 Å². The van der Waals surface area contributed by atoms with Gasteiger partial charge in [0, 0.05) is 9.89 Å². The first-order valence-corrected chi connectivity index (χ1v) is 8.04. The normalized spacial score (nSPS) is 34.0. The van der Waals surface area contributed by atoms with E-state index in [-0.39, 0.29) is 11.5 Å². The summed E-state index contributed by atoms with van der Waals surface area (Å²) >= 11 is 3.40. The average Bonchev–Trinajstić information content (AvgIpc) is 2.74. The molecule has 2 fully saturated rings. The summed E-state index contributed by atoms with van der Waals surface area (Å²) < 4.78 is 7.20. The van der Waals surface area contributed by atoms with Gasteiger partial charge in [-0.05, 0) is 48.8 Å². The van der Waals surface area contributed by atoms with Gasteiger partial charge in [-0.2, -0.15) is 5.26 Å². The molecule has 106 valence electrons. The third-order valence-corrected chi connectivity index (χ3v) is 6.54. The number of nitriles is 1. The number of ether oxygens (including phenoxy) is 1. The van der Waals surface area contributed by atoms with Crippen molar-refractivity contribution < 1.29 is 4.74 Å². The Bertz CT molecular complexity index is 589. The van der Waals surface area contributed by atoms with E-state index >= 15 is 0 Å². The first-order chi connectivity index (χ1) is 9.38. The number of benzene rings is 1. The summed E-state index contributed by atoms with van der Waals surface area (Å²) in [6.07, 6.45) is 3.89. The summed E-state index contributed by atoms with van der Waals surface area (Å²) in [7, 11) is 0. The van der Waals surface area contributed by atoms with Gasteiger partial charge < -0.3 is 4.74 Å². The van der Waals surface area contributed by atoms with Crippen LogP contribution in [0.25, 0.3) is 0 Å². The van der Waals surface area contributed by atoms with E-state index in [1.807, 2.05) is 18.2 Å². The van der Waals surface area contributed by atoms with Crippen LogP contribution in [0.5, 0.6) is 5.75 Å². The lowest BCUT2D eigenvalue weighted by Crippen LogP contribution is -2.39. The van der Waals surface area contributed by atoms with Gasteiger partial charge in [-0.25, -0.2) is 0 Å². The van der Waals surface area contributed by atoms with Crippen molar-refractivity contribution in [2.45, 2.75) is 46.1 Å². The Morgan fingerprint density at radius 2 is 2.10 bits per heavy atom. The number of hydrogen-bond acceptors (Lipinski definition) is 2. The highest BCUT2D eigenvalue weighted by Gasteiger charge is 2.62. The molecular weight excluding hydrogens is 314 g/mol. The molecule has 3 rings (SSSR count). The van der Waals surface area contributed by atoms with E-state index in [1.165, 1.54) is 12.8 Å². The van der Waals surface area contributed by atoms with Gasteiger partial charge in [0.15, 0.2) is 0 Å². The van der Waals surface area contributed by atoms with E-state index in [2.05, 4.69) is 42.8 Å². The second-order valence-corrected chi connectivity index (χ2v) is 7.88. The maximum atomic E-state index is 9.26. The fourth-order valence-electron chi connectivity index (χ4n) is 4.15. The first-order valence-electron chi connectivity index (χ1n) is 7.25. The summed E-state index contributed by atoms with van der Waals surface area (Å²) in [5.41, 5.74) is 1.17. The Hall–Kier alpha value is -1.01. The molecule has 0 heterocycles. The van der Waals surface area contributed by atoms with Gasteiger partial charge in [0.1, 0.15) is 17.9 Å². The molecule has 20 heavy (non-hydrogen) atoms. The van der Waals surface area contributed by atoms with Crippen molar-refractivity contribution in [3.8, 4) is 11.8 Å². The minimum atomic E-state index is 0.220. The maximum absolute atomic E-state index is 9.26. The third-order valence-electron chi connectivity index (χ3n) is 6.05. The Morgan fingerprint density at radius 1 is 1.35 bits per heavy atom. The smallest absolute Gasteiger partial charge is 0.137 e. The Morgan fingerprint density at radius 3 is 2.65 bits per heavy atom. The second-order valence-electron chi connectivity index (χ2n) is 6.97. The minimum absolute atomic E-state index is 0.220. The van der Waals surface area contributed by atoms with Gasteiger partial charge in [-0.1, -0.05) is 36.7 Å². The van der Waals surface area contributed by atoms with Crippen LogP contribution in [0.1, 0.15) is 45.6 Å². The van der Waals surface area contributed by atoms with Crippen LogP contribution in [0, 0.1) is 28.1 Å². The lowest BCUT2D eigenvalue weighted by molar-refractivity contribution is 0.0300. The number of nitrogens with zero attached hydrogens (tertiary/aromatic N) is 1. The molecule has 1 aromatic rings. The number of fused-ring (bicyclic) bond motifs is 2. The second kappa shape index (κ2) is 4.49. The van der Waals surface area contributed by atoms with Crippen molar-refractivity contribution in [1.82, 2.24) is 0 Å². The molecule has 0 N–H and O–H groups in total. The molecule has 1 aromatic carbocycles. The molecule has 0 saturated heterocycles. The SMILES string of the molecule is CC1(C)C2CCC1(C)C(Oc1ccc(Br)cc1C#N)C2. The Kier molecular flexibility index (Phi) is 3.14. The summed E-state index contributed by atoms with van der Waals surface area (Å²) in [4.78, 5) is 0. The lowest BCUT2D eigenvalue weighted by Gasteiger charge is -2.39. The van der Waals surface area contributed by atoms with E-state index in [1.54, 1.807) is 0 Å². The molecule has 0 radical (unpaired) electrons. The zero-order valence-corrected chi connectivity index (χ0v) is 13.8. The van der Waals surface area contributed by atoms with E-state index in [9.17, 15) is 5.26 Å². The zero-order valence-electron chi connectivity index (χ0n) is 12.2. The molecule has 0 aromatic heterocycles. The summed E-state index contributed by atoms with van der Waals surface area (Å²) in [5.74, 6) is 1.48. The first kappa shape index (κ1) is 13.9. The van der Waals surface area contributed by atoms with Crippen LogP contribution < -0.4 is 4.74 Å². The van der Waals surface area contributed by atoms with Crippen LogP contribution in [0.4, 0.5) is 0 Å². The van der Waals surface area contributed by atoms with Crippen LogP contribution in [0.3, 0.4) is 0 Å². The topological polar surface area (TPSA) is 33.0 Å². The monoisotopic (exact) mass is 333 g/mol. The standard InChI is InChI=1S/C17H20BrNO/c1-16(2)12-6-7-17(16,3)15(9-12)20-14-5-4-13(18)8-11(14)10-19/h4-5,8,12,15H,6-7,9H2,1-3H3. The quantitative estimate of drug-likeness (QED) is 0.769. The van der Waals surface area contributed by atoms with Crippen molar-refractivity contribution in [2.24, 2.45) is 16.7 Å². The predicted molar refractivity (Wildman–Crippen MR) is 82.5 cm³/mol. The van der Waals surface area contributed by atoms with Gasteiger partial charge in [0.2, 0.25) is 0 Å². The largest absolute Gasteiger partial charge is 0.488 e. The van der Waals surface area contributed by atoms with Crippen molar-refractivity contribution >= 4 is 15.9 Å². The van der Waals surface area contributed by atoms with Crippen LogP contribution in [-0.4, -0.2) is 6.10 Å². The van der Waals surface area contributed by atoms with Gasteiger partial charge in [-0.3, -0.25) is 0 Å². The van der Waals surface area contributed by atoms with Gasteiger partial charge in [0.05, 0.1) is 5.56 Å². The highest BCUT2D eigenvalue weighted by Crippen LogP contribution is 2.66. The Balaban J connectivity index is 1.89. The molecule has 3 unspecified atom stereocenters. The van der Waals surface area contributed by atoms with Gasteiger partial charge >= 0.3 is 0 Å². The third kappa shape index (κ3) is 1.81. The number of rotatable bonds is 2. The van der Waals surface area contributed by atoms with E-state index < -0.39 is 0 Å². The van der Waals surface area contributed by atoms with Crippen molar-refractivity contribution in [2.75, 3.05) is 0 Å². The fraction of sp³-hybridized carbons (Fsp3) is 0.588. The van der Waals surface area contributed by atoms with E-state index in [0.29, 0.717) is 11.0 Å². The van der Waals surface area contributed by atoms with E-state index in [4.69, 9.17) is 4.74 Å².